The topological polar surface area (TPSA) is 111 Å². The Morgan fingerprint density at radius 1 is 0.829 bits per heavy atom. The van der Waals surface area contributed by atoms with Gasteiger partial charge in [-0.15, -0.1) is 0 Å². The highest BCUT2D eigenvalue weighted by Gasteiger charge is 2.31. The number of carbonyl (C=O) groups excluding carboxylic acids is 4. The summed E-state index contributed by atoms with van der Waals surface area (Å²) in [5, 5.41) is 5.25. The largest absolute Gasteiger partial charge is 0.444 e. The molecule has 2 N–H and O–H groups in total. The summed E-state index contributed by atoms with van der Waals surface area (Å²) in [6.45, 7) is 8.98. The molecule has 0 aliphatic heterocycles. The first-order valence-electron chi connectivity index (χ1n) is 11.6. The smallest absolute Gasteiger partial charge is 0.408 e. The first kappa shape index (κ1) is 27.6. The number of amides is 2. The summed E-state index contributed by atoms with van der Waals surface area (Å²) >= 11 is 0. The second-order valence-corrected chi connectivity index (χ2v) is 9.65. The number of hydrogen-bond acceptors (Lipinski definition) is 6. The van der Waals surface area contributed by atoms with E-state index in [1.807, 2.05) is 19.9 Å². The molecule has 8 heteroatoms. The van der Waals surface area contributed by atoms with Crippen molar-refractivity contribution in [1.82, 2.24) is 10.6 Å². The normalized spacial score (nSPS) is 12.9. The third-order valence-electron chi connectivity index (χ3n) is 4.80. The van der Waals surface area contributed by atoms with Crippen LogP contribution in [0.1, 0.15) is 57.0 Å². The Hall–Kier alpha value is -3.68. The van der Waals surface area contributed by atoms with E-state index in [0.717, 1.165) is 5.56 Å². The van der Waals surface area contributed by atoms with Crippen LogP contribution in [0.15, 0.2) is 60.7 Å². The average Bonchev–Trinajstić information content (AvgIpc) is 2.77. The highest BCUT2D eigenvalue weighted by molar-refractivity contribution is 5.99. The highest BCUT2D eigenvalue weighted by Crippen LogP contribution is 2.12. The number of alkyl carbamates (subject to hydrolysis) is 1. The number of rotatable bonds is 9. The molecule has 0 spiro atoms. The minimum Gasteiger partial charge on any atom is -0.444 e. The fourth-order valence-electron chi connectivity index (χ4n) is 3.26. The lowest BCUT2D eigenvalue weighted by Crippen LogP contribution is -2.53. The number of carbonyl (C=O) groups is 4. The molecule has 2 aromatic carbocycles. The quantitative estimate of drug-likeness (QED) is 0.412. The summed E-state index contributed by atoms with van der Waals surface area (Å²) in [7, 11) is 0. The third-order valence-corrected chi connectivity index (χ3v) is 4.80. The first-order valence-corrected chi connectivity index (χ1v) is 11.6. The van der Waals surface area contributed by atoms with Crippen LogP contribution in [0.25, 0.3) is 0 Å². The molecule has 0 radical (unpaired) electrons. The fourth-order valence-corrected chi connectivity index (χ4v) is 3.26. The van der Waals surface area contributed by atoms with Crippen molar-refractivity contribution in [3.8, 4) is 0 Å². The number of hydrogen-bond donors (Lipinski definition) is 2. The van der Waals surface area contributed by atoms with Crippen LogP contribution in [0, 0.1) is 5.92 Å². The van der Waals surface area contributed by atoms with Gasteiger partial charge in [-0.2, -0.15) is 0 Å². The van der Waals surface area contributed by atoms with E-state index < -0.39 is 41.6 Å². The van der Waals surface area contributed by atoms with Gasteiger partial charge >= 0.3 is 18.0 Å². The number of benzene rings is 2. The lowest BCUT2D eigenvalue weighted by Gasteiger charge is -2.25. The summed E-state index contributed by atoms with van der Waals surface area (Å²) < 4.78 is 10.4. The van der Waals surface area contributed by atoms with Crippen LogP contribution in [0.2, 0.25) is 0 Å². The zero-order chi connectivity index (χ0) is 26.0. The van der Waals surface area contributed by atoms with Crippen molar-refractivity contribution < 1.29 is 28.7 Å². The van der Waals surface area contributed by atoms with Crippen LogP contribution < -0.4 is 10.6 Å². The van der Waals surface area contributed by atoms with Gasteiger partial charge < -0.3 is 20.1 Å². The Balaban J connectivity index is 2.20. The minimum absolute atomic E-state index is 0.0693. The predicted molar refractivity (Wildman–Crippen MR) is 132 cm³/mol. The van der Waals surface area contributed by atoms with Crippen LogP contribution in [0.3, 0.4) is 0 Å². The second kappa shape index (κ2) is 12.7. The lowest BCUT2D eigenvalue weighted by molar-refractivity contribution is -0.143. The Kier molecular flexibility index (Phi) is 9.99. The third kappa shape index (κ3) is 10.00. The lowest BCUT2D eigenvalue weighted by atomic mass is 10.0. The second-order valence-electron chi connectivity index (χ2n) is 9.65. The summed E-state index contributed by atoms with van der Waals surface area (Å²) in [6, 6.07) is 15.1. The van der Waals surface area contributed by atoms with Gasteiger partial charge in [-0.3, -0.25) is 4.79 Å². The number of nitrogens with one attached hydrogen (secondary N) is 2. The molecule has 35 heavy (non-hydrogen) atoms. The summed E-state index contributed by atoms with van der Waals surface area (Å²) in [5.41, 5.74) is 0.248. The van der Waals surface area contributed by atoms with Crippen molar-refractivity contribution in [2.75, 3.05) is 0 Å². The summed E-state index contributed by atoms with van der Waals surface area (Å²) in [4.78, 5) is 50.9. The molecule has 0 fully saturated rings. The summed E-state index contributed by atoms with van der Waals surface area (Å²) in [6.07, 6.45) is -0.310. The first-order chi connectivity index (χ1) is 16.4. The Morgan fingerprint density at radius 2 is 1.40 bits per heavy atom. The molecule has 0 saturated carbocycles. The molecule has 0 bridgehead atoms. The molecule has 2 aromatic rings. The zero-order valence-corrected chi connectivity index (χ0v) is 20.9. The fraction of sp³-hybridized carbons (Fsp3) is 0.407. The molecular formula is C27H34N2O6. The van der Waals surface area contributed by atoms with Crippen molar-refractivity contribution in [3.05, 3.63) is 71.8 Å². The molecule has 0 aliphatic carbocycles. The van der Waals surface area contributed by atoms with Gasteiger partial charge in [0.2, 0.25) is 5.91 Å². The minimum atomic E-state index is -1.15. The Bertz CT molecular complexity index is 999. The Labute approximate surface area is 206 Å². The van der Waals surface area contributed by atoms with Gasteiger partial charge in [0.05, 0.1) is 5.56 Å². The standard InChI is InChI=1S/C27H34N2O6/c1-18(2)16-21(29-26(33)35-27(3,4)5)23(30)28-22(17-19-12-8-6-9-13-19)25(32)34-24(31)20-14-10-7-11-15-20/h6-15,18,21-22H,16-17H2,1-5H3,(H,28,30)(H,29,33)/t21?,22-/m0/s1. The van der Waals surface area contributed by atoms with Crippen molar-refractivity contribution in [3.63, 3.8) is 0 Å². The van der Waals surface area contributed by atoms with Crippen molar-refractivity contribution in [2.45, 2.75) is 65.1 Å². The maximum atomic E-state index is 13.2. The SMILES string of the molecule is CC(C)CC(NC(=O)OC(C)(C)C)C(=O)N[C@@H](Cc1ccccc1)C(=O)OC(=O)c1ccccc1. The maximum Gasteiger partial charge on any atom is 0.408 e. The molecular weight excluding hydrogens is 448 g/mol. The molecule has 1 unspecified atom stereocenters. The van der Waals surface area contributed by atoms with E-state index in [-0.39, 0.29) is 17.9 Å². The van der Waals surface area contributed by atoms with Gasteiger partial charge in [0.1, 0.15) is 17.7 Å². The number of esters is 2. The van der Waals surface area contributed by atoms with Crippen LogP contribution in [-0.4, -0.2) is 41.6 Å². The van der Waals surface area contributed by atoms with Crippen LogP contribution in [-0.2, 0) is 25.5 Å². The van der Waals surface area contributed by atoms with Crippen molar-refractivity contribution >= 4 is 23.9 Å². The highest BCUT2D eigenvalue weighted by atomic mass is 16.6. The zero-order valence-electron chi connectivity index (χ0n) is 20.9. The summed E-state index contributed by atoms with van der Waals surface area (Å²) in [5.74, 6) is -2.21. The molecule has 0 aromatic heterocycles. The van der Waals surface area contributed by atoms with Gasteiger partial charge in [0.25, 0.3) is 0 Å². The van der Waals surface area contributed by atoms with E-state index in [1.54, 1.807) is 63.2 Å². The number of ether oxygens (including phenoxy) is 2. The van der Waals surface area contributed by atoms with E-state index in [2.05, 4.69) is 10.6 Å². The average molecular weight is 483 g/mol. The molecule has 2 rings (SSSR count). The molecule has 8 nitrogen and oxygen atoms in total. The van der Waals surface area contributed by atoms with Crippen molar-refractivity contribution in [2.24, 2.45) is 5.92 Å². The van der Waals surface area contributed by atoms with E-state index >= 15 is 0 Å². The van der Waals surface area contributed by atoms with E-state index in [4.69, 9.17) is 9.47 Å². The van der Waals surface area contributed by atoms with Gasteiger partial charge in [-0.25, -0.2) is 14.4 Å². The molecule has 0 heterocycles. The Morgan fingerprint density at radius 3 is 1.94 bits per heavy atom. The van der Waals surface area contributed by atoms with Crippen molar-refractivity contribution in [1.29, 1.82) is 0 Å². The van der Waals surface area contributed by atoms with Crippen LogP contribution in [0.4, 0.5) is 4.79 Å². The van der Waals surface area contributed by atoms with Gasteiger partial charge in [-0.1, -0.05) is 62.4 Å². The van der Waals surface area contributed by atoms with E-state index in [9.17, 15) is 19.2 Å². The van der Waals surface area contributed by atoms with Gasteiger partial charge in [0.15, 0.2) is 0 Å². The van der Waals surface area contributed by atoms with E-state index in [0.29, 0.717) is 6.42 Å². The molecule has 2 amide bonds. The van der Waals surface area contributed by atoms with Crippen LogP contribution >= 0.6 is 0 Å². The molecule has 188 valence electrons. The monoisotopic (exact) mass is 482 g/mol. The maximum absolute atomic E-state index is 13.2. The molecule has 2 atom stereocenters. The molecule has 0 saturated heterocycles. The van der Waals surface area contributed by atoms with Gasteiger partial charge in [-0.05, 0) is 50.8 Å². The van der Waals surface area contributed by atoms with E-state index in [1.165, 1.54) is 12.1 Å². The van der Waals surface area contributed by atoms with Gasteiger partial charge in [0, 0.05) is 6.42 Å². The van der Waals surface area contributed by atoms with Crippen LogP contribution in [0.5, 0.6) is 0 Å². The molecule has 0 aliphatic rings. The predicted octanol–water partition coefficient (Wildman–Crippen LogP) is 4.04.